The number of quaternary nitrogens is 1. The standard InChI is InChI=1S/C25H31ClN2O7.ClH/c1-31-21-15-18(16-22(32-2)24(21)33-3)25(30)28-12-10-27(11-13-28)9-4-14-34-23(29)17-35-20-7-5-19(26)6-8-20;/h5-8,15-16H,4,9-14,17H2,1-3H3;1H. The molecule has 0 bridgehead atoms. The lowest BCUT2D eigenvalue weighted by Gasteiger charge is -2.32. The van der Waals surface area contributed by atoms with E-state index in [2.05, 4.69) is 0 Å². The van der Waals surface area contributed by atoms with Crippen molar-refractivity contribution in [2.45, 2.75) is 6.42 Å². The van der Waals surface area contributed by atoms with Gasteiger partial charge >= 0.3 is 5.97 Å². The van der Waals surface area contributed by atoms with Gasteiger partial charge in [-0.05, 0) is 36.4 Å². The number of ether oxygens (including phenoxy) is 5. The Labute approximate surface area is 222 Å². The molecule has 2 aromatic rings. The quantitative estimate of drug-likeness (QED) is 0.279. The topological polar surface area (TPSA) is 88.0 Å². The highest BCUT2D eigenvalue weighted by molar-refractivity contribution is 6.30. The lowest BCUT2D eigenvalue weighted by Crippen LogP contribution is -3.14. The number of hydrogen-bond acceptors (Lipinski definition) is 7. The second-order valence-electron chi connectivity index (χ2n) is 8.02. The van der Waals surface area contributed by atoms with Crippen molar-refractivity contribution in [1.82, 2.24) is 4.90 Å². The first-order valence-corrected chi connectivity index (χ1v) is 11.8. The molecule has 1 aliphatic rings. The van der Waals surface area contributed by atoms with Crippen molar-refractivity contribution in [1.29, 1.82) is 0 Å². The van der Waals surface area contributed by atoms with Crippen molar-refractivity contribution < 1.29 is 50.6 Å². The average molecular weight is 543 g/mol. The Morgan fingerprint density at radius 2 is 1.58 bits per heavy atom. The molecule has 11 heteroatoms. The summed E-state index contributed by atoms with van der Waals surface area (Å²) in [5.74, 6) is 1.45. The number of hydrogen-bond donors (Lipinski definition) is 1. The zero-order valence-corrected chi connectivity index (χ0v) is 22.2. The number of benzene rings is 2. The summed E-state index contributed by atoms with van der Waals surface area (Å²) in [7, 11) is 4.58. The number of amides is 1. The molecule has 2 aromatic carbocycles. The van der Waals surface area contributed by atoms with Crippen LogP contribution in [0.1, 0.15) is 16.8 Å². The van der Waals surface area contributed by atoms with Crippen molar-refractivity contribution in [2.24, 2.45) is 0 Å². The maximum atomic E-state index is 13.0. The van der Waals surface area contributed by atoms with Crippen molar-refractivity contribution in [3.63, 3.8) is 0 Å². The fraction of sp³-hybridized carbons (Fsp3) is 0.440. The molecule has 0 unspecified atom stereocenters. The van der Waals surface area contributed by atoms with Gasteiger partial charge < -0.3 is 45.9 Å². The Morgan fingerprint density at radius 1 is 0.972 bits per heavy atom. The van der Waals surface area contributed by atoms with E-state index in [1.165, 1.54) is 26.2 Å². The molecule has 36 heavy (non-hydrogen) atoms. The molecule has 1 aliphatic heterocycles. The molecule has 1 amide bonds. The monoisotopic (exact) mass is 542 g/mol. The molecule has 0 aromatic heterocycles. The number of halogens is 2. The lowest BCUT2D eigenvalue weighted by molar-refractivity contribution is -0.904. The number of nitrogens with one attached hydrogen (secondary N) is 1. The normalized spacial score (nSPS) is 13.4. The molecule has 0 aliphatic carbocycles. The van der Waals surface area contributed by atoms with Gasteiger partial charge in [0.1, 0.15) is 5.75 Å². The van der Waals surface area contributed by atoms with Gasteiger partial charge in [-0.15, -0.1) is 0 Å². The van der Waals surface area contributed by atoms with Crippen LogP contribution in [0, 0.1) is 0 Å². The average Bonchev–Trinajstić information content (AvgIpc) is 2.89. The van der Waals surface area contributed by atoms with Gasteiger partial charge in [0.05, 0.1) is 60.7 Å². The van der Waals surface area contributed by atoms with Crippen molar-refractivity contribution in [3.05, 3.63) is 47.0 Å². The van der Waals surface area contributed by atoms with E-state index in [9.17, 15) is 9.59 Å². The largest absolute Gasteiger partial charge is 1.00 e. The van der Waals surface area contributed by atoms with Crippen LogP contribution in [-0.2, 0) is 9.53 Å². The minimum Gasteiger partial charge on any atom is -1.00 e. The fourth-order valence-corrected chi connectivity index (χ4v) is 4.01. The summed E-state index contributed by atoms with van der Waals surface area (Å²) < 4.78 is 26.7. The second kappa shape index (κ2) is 14.6. The molecule has 9 nitrogen and oxygen atoms in total. The van der Waals surface area contributed by atoms with Crippen LogP contribution in [0.5, 0.6) is 23.0 Å². The molecule has 1 saturated heterocycles. The number of carbonyl (C=O) groups excluding carboxylic acids is 2. The highest BCUT2D eigenvalue weighted by Gasteiger charge is 2.26. The van der Waals surface area contributed by atoms with Crippen LogP contribution >= 0.6 is 11.6 Å². The van der Waals surface area contributed by atoms with E-state index >= 15 is 0 Å². The molecule has 1 heterocycles. The van der Waals surface area contributed by atoms with Crippen LogP contribution in [-0.4, -0.2) is 84.0 Å². The third-order valence-electron chi connectivity index (χ3n) is 5.78. The van der Waals surface area contributed by atoms with E-state index < -0.39 is 5.97 Å². The Hall–Kier alpha value is -2.88. The van der Waals surface area contributed by atoms with Crippen molar-refractivity contribution in [2.75, 3.05) is 67.3 Å². The Kier molecular flexibility index (Phi) is 11.9. The predicted molar refractivity (Wildman–Crippen MR) is 130 cm³/mol. The van der Waals surface area contributed by atoms with Crippen molar-refractivity contribution >= 4 is 23.5 Å². The van der Waals surface area contributed by atoms with Crippen LogP contribution in [0.2, 0.25) is 5.02 Å². The van der Waals surface area contributed by atoms with Gasteiger partial charge in [-0.3, -0.25) is 4.79 Å². The van der Waals surface area contributed by atoms with Gasteiger partial charge in [-0.2, -0.15) is 0 Å². The summed E-state index contributed by atoms with van der Waals surface area (Å²) in [6.45, 7) is 3.97. The van der Waals surface area contributed by atoms with Crippen LogP contribution in [0.15, 0.2) is 36.4 Å². The zero-order chi connectivity index (χ0) is 25.2. The summed E-state index contributed by atoms with van der Waals surface area (Å²) in [5, 5.41) is 0.605. The molecule has 0 radical (unpaired) electrons. The molecule has 3 rings (SSSR count). The number of methoxy groups -OCH3 is 3. The SMILES string of the molecule is COc1cc(C(=O)N2CC[NH+](CCCOC(=O)COc3ccc(Cl)cc3)CC2)cc(OC)c1OC.[Cl-]. The Bertz CT molecular complexity index is 971. The molecule has 0 saturated carbocycles. The van der Waals surface area contributed by atoms with Gasteiger partial charge in [0, 0.05) is 17.0 Å². The van der Waals surface area contributed by atoms with E-state index in [4.69, 9.17) is 35.3 Å². The second-order valence-corrected chi connectivity index (χ2v) is 8.46. The highest BCUT2D eigenvalue weighted by atomic mass is 35.5. The van der Waals surface area contributed by atoms with E-state index in [1.807, 2.05) is 4.90 Å². The van der Waals surface area contributed by atoms with Crippen LogP contribution in [0.4, 0.5) is 0 Å². The maximum absolute atomic E-state index is 13.0. The predicted octanol–water partition coefficient (Wildman–Crippen LogP) is -1.28. The molecular formula is C25H32Cl2N2O7. The van der Waals surface area contributed by atoms with E-state index in [0.29, 0.717) is 53.3 Å². The first-order chi connectivity index (χ1) is 16.9. The highest BCUT2D eigenvalue weighted by Crippen LogP contribution is 2.38. The summed E-state index contributed by atoms with van der Waals surface area (Å²) in [4.78, 5) is 28.1. The first-order valence-electron chi connectivity index (χ1n) is 11.4. The van der Waals surface area contributed by atoms with Gasteiger partial charge in [-0.1, -0.05) is 11.6 Å². The third-order valence-corrected chi connectivity index (χ3v) is 6.03. The Balaban J connectivity index is 0.00000456. The van der Waals surface area contributed by atoms with Crippen LogP contribution in [0.25, 0.3) is 0 Å². The van der Waals surface area contributed by atoms with Crippen LogP contribution < -0.4 is 36.3 Å². The number of nitrogens with zero attached hydrogens (tertiary/aromatic N) is 1. The van der Waals surface area contributed by atoms with E-state index in [0.717, 1.165) is 26.1 Å². The van der Waals surface area contributed by atoms with Gasteiger partial charge in [0.25, 0.3) is 5.91 Å². The molecule has 0 atom stereocenters. The number of piperazine rings is 1. The van der Waals surface area contributed by atoms with Gasteiger partial charge in [-0.25, -0.2) is 4.79 Å². The lowest BCUT2D eigenvalue weighted by atomic mass is 10.1. The zero-order valence-electron chi connectivity index (χ0n) is 20.7. The first kappa shape index (κ1) is 29.4. The molecule has 1 N–H and O–H groups in total. The molecule has 198 valence electrons. The molecule has 0 spiro atoms. The number of rotatable bonds is 11. The van der Waals surface area contributed by atoms with E-state index in [1.54, 1.807) is 36.4 Å². The third kappa shape index (κ3) is 8.08. The summed E-state index contributed by atoms with van der Waals surface area (Å²) in [6.07, 6.45) is 0.739. The minimum atomic E-state index is -0.407. The summed E-state index contributed by atoms with van der Waals surface area (Å²) in [6, 6.07) is 10.1. The van der Waals surface area contributed by atoms with Crippen molar-refractivity contribution in [3.8, 4) is 23.0 Å². The summed E-state index contributed by atoms with van der Waals surface area (Å²) in [5.41, 5.74) is 0.496. The summed E-state index contributed by atoms with van der Waals surface area (Å²) >= 11 is 5.83. The Morgan fingerprint density at radius 3 is 2.14 bits per heavy atom. The van der Waals surface area contributed by atoms with Gasteiger partial charge in [0.2, 0.25) is 5.75 Å². The molecule has 1 fully saturated rings. The fourth-order valence-electron chi connectivity index (χ4n) is 3.89. The minimum absolute atomic E-state index is 0. The van der Waals surface area contributed by atoms with Crippen LogP contribution in [0.3, 0.4) is 0 Å². The molecular weight excluding hydrogens is 511 g/mol. The van der Waals surface area contributed by atoms with E-state index in [-0.39, 0.29) is 24.9 Å². The number of esters is 1. The van der Waals surface area contributed by atoms with Gasteiger partial charge in [0.15, 0.2) is 18.1 Å². The smallest absolute Gasteiger partial charge is 0.344 e. The number of carbonyl (C=O) groups is 2. The maximum Gasteiger partial charge on any atom is 0.344 e.